The number of rotatable bonds is 3. The fraction of sp³-hybridized carbons (Fsp3) is 0.462. The Balaban J connectivity index is 0.000000550. The van der Waals surface area contributed by atoms with Gasteiger partial charge in [0, 0.05) is 18.9 Å². The van der Waals surface area contributed by atoms with E-state index in [9.17, 15) is 5.11 Å². The molecule has 104 valence electrons. The first kappa shape index (κ1) is 17.2. The van der Waals surface area contributed by atoms with E-state index in [1.165, 1.54) is 0 Å². The van der Waals surface area contributed by atoms with Crippen LogP contribution in [0.3, 0.4) is 0 Å². The molecular formula is C13H17Cl2NO2Zr. The number of para-hydroxylation sites is 1. The number of aromatic hydroxyl groups is 1. The van der Waals surface area contributed by atoms with Gasteiger partial charge >= 0.3 is 37.9 Å². The Morgan fingerprint density at radius 1 is 1.42 bits per heavy atom. The zero-order valence-corrected chi connectivity index (χ0v) is 14.9. The van der Waals surface area contributed by atoms with E-state index in [-0.39, 0.29) is 12.1 Å². The van der Waals surface area contributed by atoms with Crippen LogP contribution in [0.5, 0.6) is 5.75 Å². The predicted octanol–water partition coefficient (Wildman–Crippen LogP) is 3.67. The number of hydrogen-bond donors (Lipinski definition) is 1. The molecular weight excluding hydrogens is 364 g/mol. The van der Waals surface area contributed by atoms with Gasteiger partial charge in [0.2, 0.25) is 0 Å². The summed E-state index contributed by atoms with van der Waals surface area (Å²) in [6.07, 6.45) is 4.15. The number of benzene rings is 1. The molecule has 19 heavy (non-hydrogen) atoms. The molecule has 1 aliphatic carbocycles. The van der Waals surface area contributed by atoms with E-state index in [1.54, 1.807) is 13.3 Å². The monoisotopic (exact) mass is 379 g/mol. The maximum atomic E-state index is 9.80. The molecule has 2 atom stereocenters. The standard InChI is InChI=1S/C13H17NO2.2ClH.Zr/c1-9-4-3-5-10(13(9)15)8-14-11-6-7-12(11)16-2;;;/h3-5,8,11-12,15H,6-7H2,1-2H3;2*1H;/q;;;+2/p-2. The van der Waals surface area contributed by atoms with Crippen LogP contribution in [0.25, 0.3) is 0 Å². The van der Waals surface area contributed by atoms with Crippen LogP contribution in [0.1, 0.15) is 24.0 Å². The Morgan fingerprint density at radius 3 is 2.63 bits per heavy atom. The van der Waals surface area contributed by atoms with E-state index >= 15 is 0 Å². The number of ether oxygens (including phenoxy) is 1. The summed E-state index contributed by atoms with van der Waals surface area (Å²) in [4.78, 5) is 4.44. The molecule has 1 fully saturated rings. The summed E-state index contributed by atoms with van der Waals surface area (Å²) in [7, 11) is 11.6. The number of nitrogens with zero attached hydrogens (tertiary/aromatic N) is 1. The minimum atomic E-state index is -0.826. The van der Waals surface area contributed by atoms with Gasteiger partial charge in [0.05, 0.1) is 12.1 Å². The fourth-order valence-electron chi connectivity index (χ4n) is 1.86. The first-order valence-electron chi connectivity index (χ1n) is 5.94. The first-order chi connectivity index (χ1) is 9.13. The SMILES string of the molecule is COC1CCC1N=Cc1cccc(C)c1O.[Cl][Zr][Cl]. The van der Waals surface area contributed by atoms with Crippen molar-refractivity contribution in [1.29, 1.82) is 0 Å². The third-order valence-electron chi connectivity index (χ3n) is 3.15. The van der Waals surface area contributed by atoms with Gasteiger partial charge in [-0.15, -0.1) is 0 Å². The molecule has 2 rings (SSSR count). The van der Waals surface area contributed by atoms with Crippen molar-refractivity contribution in [2.45, 2.75) is 31.9 Å². The average Bonchev–Trinajstić information content (AvgIpc) is 2.35. The van der Waals surface area contributed by atoms with E-state index < -0.39 is 20.8 Å². The van der Waals surface area contributed by atoms with Crippen molar-refractivity contribution < 1.29 is 30.7 Å². The Kier molecular flexibility index (Phi) is 8.24. The van der Waals surface area contributed by atoms with Crippen LogP contribution in [0.15, 0.2) is 23.2 Å². The first-order valence-corrected chi connectivity index (χ1v) is 12.3. The Hall–Kier alpha value is 0.113. The van der Waals surface area contributed by atoms with Gasteiger partial charge in [-0.05, 0) is 31.4 Å². The van der Waals surface area contributed by atoms with E-state index in [0.29, 0.717) is 5.75 Å². The fourth-order valence-corrected chi connectivity index (χ4v) is 1.86. The summed E-state index contributed by atoms with van der Waals surface area (Å²) >= 11 is -0.826. The number of methoxy groups -OCH3 is 1. The summed E-state index contributed by atoms with van der Waals surface area (Å²) < 4.78 is 5.26. The summed E-state index contributed by atoms with van der Waals surface area (Å²) in [6.45, 7) is 1.88. The third-order valence-corrected chi connectivity index (χ3v) is 3.15. The molecule has 0 spiro atoms. The van der Waals surface area contributed by atoms with Crippen LogP contribution < -0.4 is 0 Å². The van der Waals surface area contributed by atoms with Crippen molar-refractivity contribution in [3.05, 3.63) is 29.3 Å². The quantitative estimate of drug-likeness (QED) is 0.812. The molecule has 2 unspecified atom stereocenters. The number of halogens is 2. The van der Waals surface area contributed by atoms with Crippen molar-refractivity contribution >= 4 is 23.2 Å². The molecule has 0 amide bonds. The predicted molar refractivity (Wildman–Crippen MR) is 76.0 cm³/mol. The molecule has 0 aliphatic heterocycles. The molecule has 1 aromatic carbocycles. The van der Waals surface area contributed by atoms with Gasteiger partial charge in [-0.25, -0.2) is 0 Å². The molecule has 6 heteroatoms. The van der Waals surface area contributed by atoms with Crippen LogP contribution in [0.2, 0.25) is 0 Å². The number of phenols is 1. The summed E-state index contributed by atoms with van der Waals surface area (Å²) in [5, 5.41) is 9.80. The average molecular weight is 381 g/mol. The zero-order valence-electron chi connectivity index (χ0n) is 10.9. The van der Waals surface area contributed by atoms with Crippen molar-refractivity contribution in [2.24, 2.45) is 4.99 Å². The van der Waals surface area contributed by atoms with Crippen LogP contribution in [0.4, 0.5) is 0 Å². The number of hydrogen-bond acceptors (Lipinski definition) is 3. The third kappa shape index (κ3) is 5.19. The molecule has 0 saturated heterocycles. The zero-order chi connectivity index (χ0) is 14.3. The van der Waals surface area contributed by atoms with Crippen molar-refractivity contribution in [1.82, 2.24) is 0 Å². The second-order valence-electron chi connectivity index (χ2n) is 4.28. The Bertz CT molecular complexity index is 427. The molecule has 1 aromatic rings. The second-order valence-corrected chi connectivity index (χ2v) is 8.01. The van der Waals surface area contributed by atoms with E-state index in [1.807, 2.05) is 25.1 Å². The molecule has 1 saturated carbocycles. The second kappa shape index (κ2) is 9.12. The topological polar surface area (TPSA) is 41.8 Å². The van der Waals surface area contributed by atoms with Crippen LogP contribution in [-0.2, 0) is 25.6 Å². The molecule has 1 N–H and O–H groups in total. The molecule has 0 aromatic heterocycles. The van der Waals surface area contributed by atoms with Gasteiger partial charge in [-0.1, -0.05) is 12.1 Å². The van der Waals surface area contributed by atoms with Gasteiger partial charge in [-0.2, -0.15) is 0 Å². The number of aliphatic imine (C=N–C) groups is 1. The van der Waals surface area contributed by atoms with Gasteiger partial charge in [0.15, 0.2) is 0 Å². The van der Waals surface area contributed by atoms with Gasteiger partial charge in [0.1, 0.15) is 5.75 Å². The Labute approximate surface area is 132 Å². The van der Waals surface area contributed by atoms with E-state index in [0.717, 1.165) is 24.0 Å². The number of phenolic OH excluding ortho intramolecular Hbond substituents is 1. The van der Waals surface area contributed by atoms with Crippen LogP contribution >= 0.6 is 17.0 Å². The summed E-state index contributed by atoms with van der Waals surface area (Å²) in [6, 6.07) is 5.93. The number of aryl methyl sites for hydroxylation is 1. The van der Waals surface area contributed by atoms with Crippen molar-refractivity contribution in [3.8, 4) is 5.75 Å². The molecule has 0 heterocycles. The van der Waals surface area contributed by atoms with Crippen LogP contribution in [-0.4, -0.2) is 30.6 Å². The normalized spacial score (nSPS) is 21.5. The van der Waals surface area contributed by atoms with Crippen LogP contribution in [0, 0.1) is 6.92 Å². The molecule has 3 nitrogen and oxygen atoms in total. The van der Waals surface area contributed by atoms with Crippen molar-refractivity contribution in [2.75, 3.05) is 7.11 Å². The van der Waals surface area contributed by atoms with E-state index in [4.69, 9.17) is 21.8 Å². The minimum absolute atomic E-state index is 0.253. The molecule has 1 aliphatic rings. The van der Waals surface area contributed by atoms with Gasteiger partial charge < -0.3 is 9.84 Å². The van der Waals surface area contributed by atoms with Gasteiger partial charge in [0.25, 0.3) is 0 Å². The van der Waals surface area contributed by atoms with Crippen molar-refractivity contribution in [3.63, 3.8) is 0 Å². The molecule has 0 bridgehead atoms. The maximum absolute atomic E-state index is 9.80. The molecule has 0 radical (unpaired) electrons. The Morgan fingerprint density at radius 2 is 2.11 bits per heavy atom. The summed E-state index contributed by atoms with van der Waals surface area (Å²) in [5.41, 5.74) is 1.66. The van der Waals surface area contributed by atoms with E-state index in [2.05, 4.69) is 4.99 Å². The van der Waals surface area contributed by atoms with Gasteiger partial charge in [-0.3, -0.25) is 4.99 Å². The summed E-state index contributed by atoms with van der Waals surface area (Å²) in [5.74, 6) is 0.319.